The molecule has 2 aromatic rings. The van der Waals surface area contributed by atoms with Crippen LogP contribution in [0.15, 0.2) is 34.0 Å². The minimum atomic E-state index is -1.21. The highest BCUT2D eigenvalue weighted by atomic mass is 35.5. The zero-order valence-electron chi connectivity index (χ0n) is 14.6. The Morgan fingerprint density at radius 1 is 1.27 bits per heavy atom. The molecule has 0 aliphatic carbocycles. The van der Waals surface area contributed by atoms with E-state index in [0.29, 0.717) is 11.3 Å². The summed E-state index contributed by atoms with van der Waals surface area (Å²) in [6.45, 7) is 1.15. The van der Waals surface area contributed by atoms with Gasteiger partial charge in [-0.3, -0.25) is 18.7 Å². The van der Waals surface area contributed by atoms with Crippen LogP contribution in [0.25, 0.3) is 11.1 Å². The zero-order valence-corrected chi connectivity index (χ0v) is 15.3. The highest BCUT2D eigenvalue weighted by molar-refractivity contribution is 6.34. The molecule has 1 N–H and O–H groups in total. The second kappa shape index (κ2) is 8.20. The molecule has 1 heterocycles. The predicted octanol–water partition coefficient (Wildman–Crippen LogP) is 1.63. The van der Waals surface area contributed by atoms with Crippen molar-refractivity contribution in [3.05, 3.63) is 50.3 Å². The van der Waals surface area contributed by atoms with Crippen LogP contribution in [0.3, 0.4) is 0 Å². The van der Waals surface area contributed by atoms with Crippen molar-refractivity contribution in [3.63, 3.8) is 0 Å². The Balaban J connectivity index is 2.82. The van der Waals surface area contributed by atoms with Crippen LogP contribution in [0, 0.1) is 0 Å². The van der Waals surface area contributed by atoms with Crippen LogP contribution >= 0.6 is 11.6 Å². The molecule has 0 unspecified atom stereocenters. The van der Waals surface area contributed by atoms with E-state index >= 15 is 0 Å². The van der Waals surface area contributed by atoms with Crippen molar-refractivity contribution in [1.82, 2.24) is 9.13 Å². The molecule has 1 aromatic heterocycles. The Kier molecular flexibility index (Phi) is 6.23. The van der Waals surface area contributed by atoms with Gasteiger partial charge in [-0.2, -0.15) is 0 Å². The second-order valence-electron chi connectivity index (χ2n) is 5.65. The van der Waals surface area contributed by atoms with Crippen LogP contribution in [-0.2, 0) is 16.1 Å². The van der Waals surface area contributed by atoms with E-state index in [-0.39, 0.29) is 17.2 Å². The number of methoxy groups -OCH3 is 2. The molecule has 1 atom stereocenters. The Labute approximate surface area is 154 Å². The number of aliphatic carboxylic acids is 1. The number of halogens is 1. The maximum absolute atomic E-state index is 12.9. The first-order valence-electron chi connectivity index (χ1n) is 7.71. The smallest absolute Gasteiger partial charge is 0.331 e. The molecule has 0 radical (unpaired) electrons. The summed E-state index contributed by atoms with van der Waals surface area (Å²) < 4.78 is 12.1. The SMILES string of the molecule is COC[C@H](C)n1c(=O)c(-c2cccc(OC)c2Cl)cn(CC(=O)O)c1=O. The summed E-state index contributed by atoms with van der Waals surface area (Å²) >= 11 is 6.30. The normalized spacial score (nSPS) is 12.0. The average Bonchev–Trinajstić information content (AvgIpc) is 2.58. The van der Waals surface area contributed by atoms with Crippen LogP contribution in [0.5, 0.6) is 5.75 Å². The highest BCUT2D eigenvalue weighted by Crippen LogP contribution is 2.33. The molecule has 0 bridgehead atoms. The van der Waals surface area contributed by atoms with E-state index in [1.165, 1.54) is 20.4 Å². The molecule has 0 aliphatic rings. The third kappa shape index (κ3) is 3.81. The number of rotatable bonds is 7. The Hall–Kier alpha value is -2.58. The van der Waals surface area contributed by atoms with Gasteiger partial charge in [-0.1, -0.05) is 23.7 Å². The average molecular weight is 383 g/mol. The van der Waals surface area contributed by atoms with Crippen molar-refractivity contribution in [3.8, 4) is 16.9 Å². The van der Waals surface area contributed by atoms with E-state index in [1.54, 1.807) is 25.1 Å². The molecular weight excluding hydrogens is 364 g/mol. The quantitative estimate of drug-likeness (QED) is 0.781. The van der Waals surface area contributed by atoms with Crippen LogP contribution in [0.4, 0.5) is 0 Å². The van der Waals surface area contributed by atoms with Crippen molar-refractivity contribution >= 4 is 17.6 Å². The van der Waals surface area contributed by atoms with Crippen molar-refractivity contribution in [2.45, 2.75) is 19.5 Å². The topological polar surface area (TPSA) is 99.8 Å². The summed E-state index contributed by atoms with van der Waals surface area (Å²) in [6, 6.07) is 4.28. The first-order valence-corrected chi connectivity index (χ1v) is 8.09. The van der Waals surface area contributed by atoms with Gasteiger partial charge in [0.05, 0.1) is 30.3 Å². The summed E-state index contributed by atoms with van der Waals surface area (Å²) in [5, 5.41) is 9.27. The number of nitrogens with zero attached hydrogens (tertiary/aromatic N) is 2. The van der Waals surface area contributed by atoms with Crippen LogP contribution in [0.1, 0.15) is 13.0 Å². The predicted molar refractivity (Wildman–Crippen MR) is 96.2 cm³/mol. The molecule has 1 aromatic carbocycles. The number of hydrogen-bond acceptors (Lipinski definition) is 5. The van der Waals surface area contributed by atoms with Crippen molar-refractivity contribution in [1.29, 1.82) is 0 Å². The molecule has 2 rings (SSSR count). The van der Waals surface area contributed by atoms with E-state index in [0.717, 1.165) is 9.13 Å². The van der Waals surface area contributed by atoms with Crippen LogP contribution < -0.4 is 16.0 Å². The maximum Gasteiger partial charge on any atom is 0.331 e. The third-order valence-electron chi connectivity index (χ3n) is 3.81. The van der Waals surface area contributed by atoms with Gasteiger partial charge >= 0.3 is 11.7 Å². The molecule has 0 saturated heterocycles. The van der Waals surface area contributed by atoms with E-state index in [9.17, 15) is 14.4 Å². The lowest BCUT2D eigenvalue weighted by Crippen LogP contribution is -2.43. The van der Waals surface area contributed by atoms with Gasteiger partial charge in [-0.25, -0.2) is 4.79 Å². The van der Waals surface area contributed by atoms with Gasteiger partial charge in [0.2, 0.25) is 0 Å². The van der Waals surface area contributed by atoms with Crippen LogP contribution in [0.2, 0.25) is 5.02 Å². The van der Waals surface area contributed by atoms with Crippen molar-refractivity contribution < 1.29 is 19.4 Å². The molecule has 0 spiro atoms. The Bertz CT molecular complexity index is 934. The zero-order chi connectivity index (χ0) is 19.4. The van der Waals surface area contributed by atoms with E-state index in [4.69, 9.17) is 26.2 Å². The standard InChI is InChI=1S/C17H19ClN2O6/c1-10(9-25-2)20-16(23)12(7-19(17(20)24)8-14(21)22)11-5-4-6-13(26-3)15(11)18/h4-7,10H,8-9H2,1-3H3,(H,21,22)/t10-/m0/s1. The van der Waals surface area contributed by atoms with Gasteiger partial charge in [0, 0.05) is 18.9 Å². The third-order valence-corrected chi connectivity index (χ3v) is 4.20. The lowest BCUT2D eigenvalue weighted by molar-refractivity contribution is -0.137. The van der Waals surface area contributed by atoms with Crippen LogP contribution in [-0.4, -0.2) is 41.0 Å². The minimum absolute atomic E-state index is 0.0951. The molecule has 9 heteroatoms. The molecule has 8 nitrogen and oxygen atoms in total. The fourth-order valence-electron chi connectivity index (χ4n) is 2.65. The summed E-state index contributed by atoms with van der Waals surface area (Å²) in [5.74, 6) is -0.851. The van der Waals surface area contributed by atoms with Gasteiger partial charge in [0.25, 0.3) is 5.56 Å². The number of carbonyl (C=O) groups is 1. The van der Waals surface area contributed by atoms with Gasteiger partial charge in [-0.15, -0.1) is 0 Å². The van der Waals surface area contributed by atoms with Crippen molar-refractivity contribution in [2.24, 2.45) is 0 Å². The maximum atomic E-state index is 12.9. The number of carboxylic acids is 1. The van der Waals surface area contributed by atoms with E-state index in [2.05, 4.69) is 0 Å². The molecule has 0 amide bonds. The minimum Gasteiger partial charge on any atom is -0.495 e. The number of benzene rings is 1. The first kappa shape index (κ1) is 19.7. The van der Waals surface area contributed by atoms with E-state index in [1.807, 2.05) is 0 Å². The molecule has 0 aliphatic heterocycles. The fourth-order valence-corrected chi connectivity index (χ4v) is 2.95. The molecular formula is C17H19ClN2O6. The lowest BCUT2D eigenvalue weighted by Gasteiger charge is -2.18. The number of ether oxygens (including phenoxy) is 2. The number of hydrogen-bond donors (Lipinski definition) is 1. The summed E-state index contributed by atoms with van der Waals surface area (Å²) in [5.41, 5.74) is -0.882. The van der Waals surface area contributed by atoms with Crippen molar-refractivity contribution in [2.75, 3.05) is 20.8 Å². The summed E-state index contributed by atoms with van der Waals surface area (Å²) in [6.07, 6.45) is 1.20. The fraction of sp³-hybridized carbons (Fsp3) is 0.353. The Morgan fingerprint density at radius 2 is 1.96 bits per heavy atom. The molecule has 26 heavy (non-hydrogen) atoms. The second-order valence-corrected chi connectivity index (χ2v) is 6.03. The lowest BCUT2D eigenvalue weighted by atomic mass is 10.1. The molecule has 0 fully saturated rings. The highest BCUT2D eigenvalue weighted by Gasteiger charge is 2.20. The Morgan fingerprint density at radius 3 is 2.54 bits per heavy atom. The summed E-state index contributed by atoms with van der Waals surface area (Å²) in [7, 11) is 2.88. The van der Waals surface area contributed by atoms with Gasteiger partial charge < -0.3 is 14.6 Å². The molecule has 0 saturated carbocycles. The molecule has 140 valence electrons. The van der Waals surface area contributed by atoms with E-state index < -0.39 is 29.8 Å². The summed E-state index contributed by atoms with van der Waals surface area (Å²) in [4.78, 5) is 36.6. The monoisotopic (exact) mass is 382 g/mol. The largest absolute Gasteiger partial charge is 0.495 e. The van der Waals surface area contributed by atoms with Gasteiger partial charge in [0.1, 0.15) is 12.3 Å². The number of aromatic nitrogens is 2. The van der Waals surface area contributed by atoms with Gasteiger partial charge in [-0.05, 0) is 13.0 Å². The van der Waals surface area contributed by atoms with Gasteiger partial charge in [0.15, 0.2) is 0 Å². The number of carboxylic acid groups (broad SMARTS) is 1. The first-order chi connectivity index (χ1) is 12.3.